The molecular formula is C29H38FN3O4. The van der Waals surface area contributed by atoms with Crippen LogP contribution in [0.25, 0.3) is 0 Å². The number of rotatable bonds is 10. The molecule has 3 rings (SSSR count). The number of aryl methyl sites for hydroxylation is 1. The number of benzene rings is 2. The van der Waals surface area contributed by atoms with Crippen LogP contribution in [-0.4, -0.2) is 48.5 Å². The predicted octanol–water partition coefficient (Wildman–Crippen LogP) is 5.52. The van der Waals surface area contributed by atoms with E-state index >= 15 is 0 Å². The summed E-state index contributed by atoms with van der Waals surface area (Å²) in [4.78, 5) is 43.4. The number of hydrogen-bond donors (Lipinski definition) is 1. The van der Waals surface area contributed by atoms with Gasteiger partial charge in [0, 0.05) is 18.3 Å². The molecule has 7 nitrogen and oxygen atoms in total. The molecule has 1 aliphatic heterocycles. The van der Waals surface area contributed by atoms with Gasteiger partial charge in [0.25, 0.3) is 5.91 Å². The fraction of sp³-hybridized carbons (Fsp3) is 0.483. The summed E-state index contributed by atoms with van der Waals surface area (Å²) in [5, 5.41) is 3.15. The highest BCUT2D eigenvalue weighted by Gasteiger charge is 2.42. The summed E-state index contributed by atoms with van der Waals surface area (Å²) in [6.07, 6.45) is 4.00. The van der Waals surface area contributed by atoms with Crippen molar-refractivity contribution in [2.75, 3.05) is 18.6 Å². The molecule has 3 unspecified atom stereocenters. The number of hydrogen-bond acceptors (Lipinski definition) is 4. The van der Waals surface area contributed by atoms with Crippen LogP contribution in [0.1, 0.15) is 69.5 Å². The highest BCUT2D eigenvalue weighted by atomic mass is 19.1. The first-order chi connectivity index (χ1) is 17.8. The fourth-order valence-electron chi connectivity index (χ4n) is 4.95. The van der Waals surface area contributed by atoms with Gasteiger partial charge in [0.1, 0.15) is 17.9 Å². The number of nitrogens with one attached hydrogen (secondary N) is 1. The lowest BCUT2D eigenvalue weighted by atomic mass is 9.96. The first-order valence-corrected chi connectivity index (χ1v) is 13.1. The van der Waals surface area contributed by atoms with Crippen molar-refractivity contribution < 1.29 is 23.5 Å². The maximum Gasteiger partial charge on any atom is 0.410 e. The van der Waals surface area contributed by atoms with Gasteiger partial charge in [-0.15, -0.1) is 0 Å². The second kappa shape index (κ2) is 13.2. The van der Waals surface area contributed by atoms with Gasteiger partial charge in [-0.25, -0.2) is 9.18 Å². The number of ether oxygens (including phenoxy) is 1. The smallest absolute Gasteiger partial charge is 0.410 e. The predicted molar refractivity (Wildman–Crippen MR) is 142 cm³/mol. The number of methoxy groups -OCH3 is 1. The van der Waals surface area contributed by atoms with Crippen LogP contribution in [0.2, 0.25) is 0 Å². The summed E-state index contributed by atoms with van der Waals surface area (Å²) in [7, 11) is 1.28. The number of nitrogens with zero attached hydrogens (tertiary/aromatic N) is 2. The average molecular weight is 512 g/mol. The maximum atomic E-state index is 14.5. The van der Waals surface area contributed by atoms with Crippen molar-refractivity contribution >= 4 is 23.6 Å². The van der Waals surface area contributed by atoms with Crippen molar-refractivity contribution in [2.45, 2.75) is 77.4 Å². The Hall–Kier alpha value is -3.42. The number of likely N-dealkylation sites (tertiary alicyclic amines) is 1. The highest BCUT2D eigenvalue weighted by Crippen LogP contribution is 2.33. The van der Waals surface area contributed by atoms with Gasteiger partial charge in [0.05, 0.1) is 7.11 Å². The van der Waals surface area contributed by atoms with Gasteiger partial charge in [-0.3, -0.25) is 19.4 Å². The fourth-order valence-corrected chi connectivity index (χ4v) is 4.95. The Morgan fingerprint density at radius 1 is 1.16 bits per heavy atom. The van der Waals surface area contributed by atoms with E-state index in [-0.39, 0.29) is 17.6 Å². The minimum atomic E-state index is -1.05. The molecule has 1 N–H and O–H groups in total. The van der Waals surface area contributed by atoms with E-state index in [1.807, 2.05) is 38.1 Å². The molecule has 0 saturated carbocycles. The topological polar surface area (TPSA) is 79.0 Å². The van der Waals surface area contributed by atoms with Gasteiger partial charge in [-0.05, 0) is 61.9 Å². The summed E-state index contributed by atoms with van der Waals surface area (Å²) in [5.74, 6) is -1.30. The van der Waals surface area contributed by atoms with Gasteiger partial charge in [-0.2, -0.15) is 0 Å². The van der Waals surface area contributed by atoms with Gasteiger partial charge in [0.2, 0.25) is 5.91 Å². The van der Waals surface area contributed by atoms with Crippen molar-refractivity contribution in [3.63, 3.8) is 0 Å². The van der Waals surface area contributed by atoms with Crippen LogP contribution in [0.5, 0.6) is 0 Å². The zero-order chi connectivity index (χ0) is 26.9. The number of unbranched alkanes of at least 4 members (excludes halogenated alkanes) is 1. The van der Waals surface area contributed by atoms with E-state index in [9.17, 15) is 18.8 Å². The van der Waals surface area contributed by atoms with Crippen molar-refractivity contribution in [2.24, 2.45) is 0 Å². The summed E-state index contributed by atoms with van der Waals surface area (Å²) in [5.41, 5.74) is 1.73. The second-order valence-electron chi connectivity index (χ2n) is 9.52. The number of carbonyl (C=O) groups excluding carboxylic acids is 3. The molecule has 3 amide bonds. The standard InChI is InChI=1S/C29H38FN3O4/c1-5-7-14-22(6-2)31-27(34)26(24-16-9-8-12-20(24)3)33(23-15-10-13-21(30)19-23)28(35)25-17-11-18-32(25)29(36)37-4/h8-10,12-13,15-16,19,22,25-26H,5-7,11,14,17-18H2,1-4H3,(H,31,34). The van der Waals surface area contributed by atoms with E-state index in [1.54, 1.807) is 6.07 Å². The molecule has 0 radical (unpaired) electrons. The molecule has 1 aliphatic rings. The first kappa shape index (κ1) is 28.2. The molecular weight excluding hydrogens is 473 g/mol. The van der Waals surface area contributed by atoms with Crippen molar-refractivity contribution in [3.05, 3.63) is 65.5 Å². The molecule has 0 aromatic heterocycles. The highest BCUT2D eigenvalue weighted by molar-refractivity contribution is 6.05. The molecule has 1 heterocycles. The molecule has 0 aliphatic carbocycles. The zero-order valence-electron chi connectivity index (χ0n) is 22.2. The maximum absolute atomic E-state index is 14.5. The van der Waals surface area contributed by atoms with Crippen LogP contribution in [-0.2, 0) is 14.3 Å². The third-order valence-electron chi connectivity index (χ3n) is 7.01. The minimum Gasteiger partial charge on any atom is -0.453 e. The third kappa shape index (κ3) is 6.67. The van der Waals surface area contributed by atoms with Crippen molar-refractivity contribution in [1.82, 2.24) is 10.2 Å². The Balaban J connectivity index is 2.13. The molecule has 37 heavy (non-hydrogen) atoms. The molecule has 2 aromatic rings. The molecule has 0 bridgehead atoms. The summed E-state index contributed by atoms with van der Waals surface area (Å²) >= 11 is 0. The van der Waals surface area contributed by atoms with Crippen molar-refractivity contribution in [3.8, 4) is 0 Å². The Bertz CT molecular complexity index is 1090. The number of halogens is 1. The van der Waals surface area contributed by atoms with E-state index < -0.39 is 29.9 Å². The quantitative estimate of drug-likeness (QED) is 0.455. The lowest BCUT2D eigenvalue weighted by Crippen LogP contribution is -2.53. The van der Waals surface area contributed by atoms with Gasteiger partial charge >= 0.3 is 6.09 Å². The third-order valence-corrected chi connectivity index (χ3v) is 7.01. The van der Waals surface area contributed by atoms with Gasteiger partial charge in [-0.1, -0.05) is 57.0 Å². The average Bonchev–Trinajstić information content (AvgIpc) is 3.39. The Morgan fingerprint density at radius 2 is 1.92 bits per heavy atom. The van der Waals surface area contributed by atoms with E-state index in [1.165, 1.54) is 35.1 Å². The molecule has 2 aromatic carbocycles. The second-order valence-corrected chi connectivity index (χ2v) is 9.52. The lowest BCUT2D eigenvalue weighted by Gasteiger charge is -2.36. The zero-order valence-corrected chi connectivity index (χ0v) is 22.2. The van der Waals surface area contributed by atoms with E-state index in [4.69, 9.17) is 4.74 Å². The van der Waals surface area contributed by atoms with E-state index in [0.29, 0.717) is 24.9 Å². The number of anilines is 1. The minimum absolute atomic E-state index is 0.0542. The monoisotopic (exact) mass is 511 g/mol. The van der Waals surface area contributed by atoms with E-state index in [2.05, 4.69) is 12.2 Å². The van der Waals surface area contributed by atoms with Crippen LogP contribution in [0, 0.1) is 12.7 Å². The van der Waals surface area contributed by atoms with Crippen LogP contribution in [0.15, 0.2) is 48.5 Å². The molecule has 8 heteroatoms. The van der Waals surface area contributed by atoms with Crippen LogP contribution in [0.3, 0.4) is 0 Å². The number of amides is 3. The van der Waals surface area contributed by atoms with Gasteiger partial charge < -0.3 is 10.1 Å². The van der Waals surface area contributed by atoms with Gasteiger partial charge in [0.15, 0.2) is 0 Å². The largest absolute Gasteiger partial charge is 0.453 e. The number of carbonyl (C=O) groups is 3. The van der Waals surface area contributed by atoms with Crippen LogP contribution in [0.4, 0.5) is 14.9 Å². The molecule has 0 spiro atoms. The summed E-state index contributed by atoms with van der Waals surface area (Å²) in [6.45, 7) is 6.38. The van der Waals surface area contributed by atoms with E-state index in [0.717, 1.165) is 31.2 Å². The molecule has 200 valence electrons. The normalized spacial score (nSPS) is 16.7. The van der Waals surface area contributed by atoms with Crippen LogP contribution < -0.4 is 10.2 Å². The molecule has 1 saturated heterocycles. The molecule has 3 atom stereocenters. The van der Waals surface area contributed by atoms with Crippen molar-refractivity contribution in [1.29, 1.82) is 0 Å². The Morgan fingerprint density at radius 3 is 2.57 bits per heavy atom. The molecule has 1 fully saturated rings. The lowest BCUT2D eigenvalue weighted by molar-refractivity contribution is -0.128. The SMILES string of the molecule is CCCCC(CC)NC(=O)C(c1ccccc1C)N(C(=O)C1CCCN1C(=O)OC)c1cccc(F)c1. The first-order valence-electron chi connectivity index (χ1n) is 13.1. The summed E-state index contributed by atoms with van der Waals surface area (Å²) < 4.78 is 19.4. The Labute approximate surface area is 219 Å². The summed E-state index contributed by atoms with van der Waals surface area (Å²) in [6, 6.07) is 11.1. The Kier molecular flexibility index (Phi) is 10.1. The van der Waals surface area contributed by atoms with Crippen LogP contribution >= 0.6 is 0 Å².